The fraction of sp³-hybridized carbons (Fsp3) is 0.833. The zero-order valence-corrected chi connectivity index (χ0v) is 6.82. The minimum atomic E-state index is -2.71. The Bertz CT molecular complexity index is 298. The summed E-state index contributed by atoms with van der Waals surface area (Å²) in [6.45, 7) is 0.332. The second kappa shape index (κ2) is 2.44. The van der Waals surface area contributed by atoms with Crippen LogP contribution in [0.4, 0.5) is 8.78 Å². The molecule has 13 heavy (non-hydrogen) atoms. The molecule has 5 nitrogen and oxygen atoms in total. The van der Waals surface area contributed by atoms with E-state index in [0.29, 0.717) is 6.54 Å². The first-order valence-electron chi connectivity index (χ1n) is 3.91. The van der Waals surface area contributed by atoms with Crippen molar-refractivity contribution >= 4 is 0 Å². The number of aryl methyl sites for hydroxylation is 1. The summed E-state index contributed by atoms with van der Waals surface area (Å²) < 4.78 is 26.6. The van der Waals surface area contributed by atoms with Gasteiger partial charge in [-0.2, -0.15) is 0 Å². The van der Waals surface area contributed by atoms with Crippen molar-refractivity contribution in [2.45, 2.75) is 30.8 Å². The predicted molar refractivity (Wildman–Crippen MR) is 38.9 cm³/mol. The van der Waals surface area contributed by atoms with Gasteiger partial charge in [-0.05, 0) is 16.8 Å². The molecule has 1 atom stereocenters. The molecule has 1 fully saturated rings. The summed E-state index contributed by atoms with van der Waals surface area (Å²) >= 11 is 0. The van der Waals surface area contributed by atoms with E-state index in [2.05, 4.69) is 15.5 Å². The summed E-state index contributed by atoms with van der Waals surface area (Å²) in [7, 11) is 0. The maximum atomic E-state index is 12.6. The third kappa shape index (κ3) is 1.39. The average molecular weight is 189 g/mol. The first kappa shape index (κ1) is 8.49. The van der Waals surface area contributed by atoms with Crippen LogP contribution in [0.25, 0.3) is 0 Å². The van der Waals surface area contributed by atoms with Gasteiger partial charge in [0.1, 0.15) is 6.33 Å². The first-order valence-corrected chi connectivity index (χ1v) is 3.91. The lowest BCUT2D eigenvalue weighted by molar-refractivity contribution is 0.0857. The van der Waals surface area contributed by atoms with E-state index in [-0.39, 0.29) is 12.8 Å². The summed E-state index contributed by atoms with van der Waals surface area (Å²) in [6, 6.07) is 0. The van der Waals surface area contributed by atoms with Gasteiger partial charge in [-0.3, -0.25) is 0 Å². The monoisotopic (exact) mass is 189 g/mol. The smallest absolute Gasteiger partial charge is 0.267 e. The van der Waals surface area contributed by atoms with Crippen molar-refractivity contribution in [3.8, 4) is 0 Å². The molecule has 1 saturated carbocycles. The largest absolute Gasteiger partial charge is 0.320 e. The number of nitrogens with two attached hydrogens (primary N) is 1. The predicted octanol–water partition coefficient (Wildman–Crippen LogP) is -0.200. The molecule has 1 aromatic heterocycles. The molecule has 0 radical (unpaired) electrons. The second-order valence-electron chi connectivity index (χ2n) is 3.36. The van der Waals surface area contributed by atoms with Gasteiger partial charge in [-0.15, -0.1) is 5.10 Å². The van der Waals surface area contributed by atoms with E-state index in [4.69, 9.17) is 5.73 Å². The number of rotatable bonds is 3. The molecule has 1 unspecified atom stereocenters. The molecule has 7 heteroatoms. The van der Waals surface area contributed by atoms with Crippen LogP contribution < -0.4 is 5.73 Å². The van der Waals surface area contributed by atoms with Gasteiger partial charge in [0, 0.05) is 13.0 Å². The Labute approximate surface area is 72.9 Å². The van der Waals surface area contributed by atoms with Gasteiger partial charge < -0.3 is 5.73 Å². The van der Waals surface area contributed by atoms with Crippen molar-refractivity contribution in [1.29, 1.82) is 0 Å². The zero-order valence-electron chi connectivity index (χ0n) is 6.82. The van der Waals surface area contributed by atoms with Crippen LogP contribution in [0.15, 0.2) is 6.33 Å². The van der Waals surface area contributed by atoms with Crippen molar-refractivity contribution in [2.75, 3.05) is 0 Å². The maximum absolute atomic E-state index is 12.6. The molecule has 0 bridgehead atoms. The second-order valence-corrected chi connectivity index (χ2v) is 3.36. The average Bonchev–Trinajstić information content (AvgIpc) is 2.53. The number of hydrogen-bond donors (Lipinski definition) is 1. The lowest BCUT2D eigenvalue weighted by Crippen LogP contribution is -2.31. The van der Waals surface area contributed by atoms with Crippen LogP contribution in [-0.4, -0.2) is 31.7 Å². The van der Waals surface area contributed by atoms with Crippen molar-refractivity contribution in [1.82, 2.24) is 20.2 Å². The SMILES string of the molecule is NC1(CCn2cnnn2)CC1(F)F. The number of alkyl halides is 2. The van der Waals surface area contributed by atoms with Crippen LogP contribution in [0.3, 0.4) is 0 Å². The molecule has 0 amide bonds. The number of nitrogens with zero attached hydrogens (tertiary/aromatic N) is 4. The van der Waals surface area contributed by atoms with Gasteiger partial charge in [-0.1, -0.05) is 0 Å². The highest BCUT2D eigenvalue weighted by atomic mass is 19.3. The molecule has 2 rings (SSSR count). The summed E-state index contributed by atoms with van der Waals surface area (Å²) in [5.74, 6) is -2.71. The Morgan fingerprint density at radius 2 is 2.23 bits per heavy atom. The van der Waals surface area contributed by atoms with Crippen LogP contribution >= 0.6 is 0 Å². The van der Waals surface area contributed by atoms with Gasteiger partial charge in [0.05, 0.1) is 5.54 Å². The molecule has 2 N–H and O–H groups in total. The lowest BCUT2D eigenvalue weighted by atomic mass is 10.2. The molecule has 1 heterocycles. The van der Waals surface area contributed by atoms with Gasteiger partial charge in [0.15, 0.2) is 0 Å². The third-order valence-corrected chi connectivity index (χ3v) is 2.32. The standard InChI is InChI=1S/C6H9F2N5/c7-6(8)3-5(6,9)1-2-13-4-10-11-12-13/h4H,1-3,9H2. The number of tetrazole rings is 1. The van der Waals surface area contributed by atoms with E-state index < -0.39 is 11.5 Å². The van der Waals surface area contributed by atoms with E-state index in [9.17, 15) is 8.78 Å². The number of halogens is 2. The quantitative estimate of drug-likeness (QED) is 0.714. The minimum Gasteiger partial charge on any atom is -0.320 e. The molecule has 0 aromatic carbocycles. The normalized spacial score (nSPS) is 30.4. The Morgan fingerprint density at radius 3 is 2.69 bits per heavy atom. The minimum absolute atomic E-state index is 0.199. The van der Waals surface area contributed by atoms with E-state index in [1.165, 1.54) is 11.0 Å². The van der Waals surface area contributed by atoms with E-state index in [1.807, 2.05) is 0 Å². The van der Waals surface area contributed by atoms with Gasteiger partial charge in [0.25, 0.3) is 5.92 Å². The Balaban J connectivity index is 1.88. The number of aromatic nitrogens is 4. The first-order chi connectivity index (χ1) is 6.04. The van der Waals surface area contributed by atoms with Crippen molar-refractivity contribution < 1.29 is 8.78 Å². The van der Waals surface area contributed by atoms with Crippen LogP contribution in [0, 0.1) is 0 Å². The fourth-order valence-corrected chi connectivity index (χ4v) is 1.22. The van der Waals surface area contributed by atoms with Crippen LogP contribution in [0.2, 0.25) is 0 Å². The van der Waals surface area contributed by atoms with Gasteiger partial charge in [-0.25, -0.2) is 13.5 Å². The molecule has 0 aliphatic heterocycles. The molecule has 1 aliphatic rings. The van der Waals surface area contributed by atoms with Gasteiger partial charge >= 0.3 is 0 Å². The third-order valence-electron chi connectivity index (χ3n) is 2.32. The topological polar surface area (TPSA) is 69.6 Å². The van der Waals surface area contributed by atoms with Crippen molar-refractivity contribution in [3.05, 3.63) is 6.33 Å². The molecule has 72 valence electrons. The Kier molecular flexibility index (Phi) is 1.59. The van der Waals surface area contributed by atoms with E-state index in [0.717, 1.165) is 0 Å². The van der Waals surface area contributed by atoms with Crippen LogP contribution in [-0.2, 0) is 6.54 Å². The molecule has 0 saturated heterocycles. The molecular weight excluding hydrogens is 180 g/mol. The van der Waals surface area contributed by atoms with Crippen LogP contribution in [0.5, 0.6) is 0 Å². The number of hydrogen-bond acceptors (Lipinski definition) is 4. The van der Waals surface area contributed by atoms with Gasteiger partial charge in [0.2, 0.25) is 0 Å². The summed E-state index contributed by atoms with van der Waals surface area (Å²) in [5, 5.41) is 10.3. The fourth-order valence-electron chi connectivity index (χ4n) is 1.22. The lowest BCUT2D eigenvalue weighted by Gasteiger charge is -2.08. The van der Waals surface area contributed by atoms with Crippen molar-refractivity contribution in [2.24, 2.45) is 5.73 Å². The molecule has 0 spiro atoms. The Morgan fingerprint density at radius 1 is 1.54 bits per heavy atom. The highest BCUT2D eigenvalue weighted by molar-refractivity contribution is 5.15. The molecular formula is C6H9F2N5. The van der Waals surface area contributed by atoms with Crippen LogP contribution in [0.1, 0.15) is 12.8 Å². The highest BCUT2D eigenvalue weighted by Gasteiger charge is 2.68. The van der Waals surface area contributed by atoms with Crippen molar-refractivity contribution in [3.63, 3.8) is 0 Å². The molecule has 1 aliphatic carbocycles. The summed E-state index contributed by atoms with van der Waals surface area (Å²) in [6.07, 6.45) is 1.34. The molecule has 1 aromatic rings. The summed E-state index contributed by atoms with van der Waals surface area (Å²) in [4.78, 5) is 0. The zero-order chi connectivity index (χ0) is 9.53. The highest BCUT2D eigenvalue weighted by Crippen LogP contribution is 2.52. The maximum Gasteiger partial charge on any atom is 0.267 e. The summed E-state index contributed by atoms with van der Waals surface area (Å²) in [5.41, 5.74) is 4.07. The van der Waals surface area contributed by atoms with E-state index >= 15 is 0 Å². The van der Waals surface area contributed by atoms with E-state index in [1.54, 1.807) is 0 Å². The Hall–Kier alpha value is -1.11.